The summed E-state index contributed by atoms with van der Waals surface area (Å²) in [7, 11) is 0. The highest BCUT2D eigenvalue weighted by atomic mass is 32.2. The first-order valence-electron chi connectivity index (χ1n) is 16.1. The fraction of sp³-hybridized carbons (Fsp3) is 0.116. The molecule has 0 saturated carbocycles. The Kier molecular flexibility index (Phi) is 14.6. The first-order chi connectivity index (χ1) is 25.9. The fourth-order valence-electron chi connectivity index (χ4n) is 5.74. The number of nitrogens with zero attached hydrogens (tertiary/aromatic N) is 5. The molecule has 53 heavy (non-hydrogen) atoms. The normalized spacial score (nSPS) is 14.4. The topological polar surface area (TPSA) is 175 Å². The van der Waals surface area contributed by atoms with Crippen LogP contribution in [-0.4, -0.2) is 18.6 Å². The van der Waals surface area contributed by atoms with Crippen molar-refractivity contribution in [3.05, 3.63) is 159 Å². The Balaban J connectivity index is 0.000000211. The predicted molar refractivity (Wildman–Crippen MR) is 211 cm³/mol. The first-order valence-corrected chi connectivity index (χ1v) is 18.5. The zero-order valence-electron chi connectivity index (χ0n) is 28.9. The highest BCUT2D eigenvalue weighted by Gasteiger charge is 2.36. The maximum absolute atomic E-state index is 12.2. The minimum absolute atomic E-state index is 0. The van der Waals surface area contributed by atoms with Crippen molar-refractivity contribution in [1.29, 1.82) is 26.3 Å². The number of rotatable bonds is 6. The van der Waals surface area contributed by atoms with Crippen LogP contribution in [0.1, 0.15) is 23.1 Å². The van der Waals surface area contributed by atoms with Gasteiger partial charge in [0.1, 0.15) is 18.3 Å². The third kappa shape index (κ3) is 9.02. The Bertz CT molecular complexity index is 2360. The van der Waals surface area contributed by atoms with Crippen LogP contribution in [0.5, 0.6) is 0 Å². The van der Waals surface area contributed by atoms with E-state index in [1.807, 2.05) is 140 Å². The van der Waals surface area contributed by atoms with Crippen LogP contribution in [0.4, 0.5) is 0 Å². The second-order valence-electron chi connectivity index (χ2n) is 11.1. The highest BCUT2D eigenvalue weighted by molar-refractivity contribution is 8.03. The van der Waals surface area contributed by atoms with Crippen LogP contribution < -0.4 is 11.4 Å². The third-order valence-electron chi connectivity index (χ3n) is 8.01. The summed E-state index contributed by atoms with van der Waals surface area (Å²) >= 11 is 2.89. The van der Waals surface area contributed by atoms with Crippen molar-refractivity contribution < 1.29 is 4.42 Å². The quantitative estimate of drug-likeness (QED) is 0.166. The van der Waals surface area contributed by atoms with Crippen LogP contribution in [0.3, 0.4) is 0 Å². The van der Waals surface area contributed by atoms with Gasteiger partial charge in [-0.3, -0.25) is 0 Å². The number of hydrogen-bond donors (Lipinski definition) is 1. The molecule has 0 aliphatic heterocycles. The van der Waals surface area contributed by atoms with Gasteiger partial charge < -0.3 is 10.2 Å². The van der Waals surface area contributed by atoms with E-state index in [0.717, 1.165) is 43.9 Å². The molecule has 10 heteroatoms. The van der Waals surface area contributed by atoms with Gasteiger partial charge in [-0.25, -0.2) is 4.79 Å². The fourth-order valence-corrected chi connectivity index (χ4v) is 7.32. The number of hydrogen-bond acceptors (Lipinski definition) is 10. The van der Waals surface area contributed by atoms with Gasteiger partial charge >= 0.3 is 5.63 Å². The van der Waals surface area contributed by atoms with Gasteiger partial charge in [0.2, 0.25) is 0 Å². The second-order valence-corrected chi connectivity index (χ2v) is 12.7. The van der Waals surface area contributed by atoms with Crippen LogP contribution in [0.25, 0.3) is 33.6 Å². The molecule has 1 aromatic heterocycles. The van der Waals surface area contributed by atoms with Crippen molar-refractivity contribution in [3.8, 4) is 52.8 Å². The molecule has 258 valence electrons. The van der Waals surface area contributed by atoms with Gasteiger partial charge in [0.15, 0.2) is 5.56 Å². The molecule has 0 radical (unpaired) electrons. The summed E-state index contributed by atoms with van der Waals surface area (Å²) in [5.74, 6) is -0.0756. The van der Waals surface area contributed by atoms with E-state index in [1.54, 1.807) is 12.1 Å². The molecule has 0 amide bonds. The Morgan fingerprint density at radius 1 is 0.660 bits per heavy atom. The second kappa shape index (κ2) is 19.7. The molecule has 4 aromatic carbocycles. The van der Waals surface area contributed by atoms with Gasteiger partial charge in [0.25, 0.3) is 0 Å². The smallest absolute Gasteiger partial charge is 0.355 e. The Morgan fingerprint density at radius 3 is 1.57 bits per heavy atom. The van der Waals surface area contributed by atoms with Crippen LogP contribution in [0, 0.1) is 62.6 Å². The number of allylic oxidation sites excluding steroid dienone is 1. The number of thioether (sulfide) groups is 2. The van der Waals surface area contributed by atoms with E-state index in [0.29, 0.717) is 16.2 Å². The van der Waals surface area contributed by atoms with Crippen LogP contribution in [0.2, 0.25) is 0 Å². The van der Waals surface area contributed by atoms with Crippen molar-refractivity contribution in [3.63, 3.8) is 0 Å². The maximum Gasteiger partial charge on any atom is 0.355 e. The first kappa shape index (κ1) is 39.2. The summed E-state index contributed by atoms with van der Waals surface area (Å²) in [4.78, 5) is 13.7. The molecule has 1 heterocycles. The van der Waals surface area contributed by atoms with E-state index >= 15 is 0 Å². The van der Waals surface area contributed by atoms with E-state index in [-0.39, 0.29) is 12.0 Å². The monoisotopic (exact) mass is 728 g/mol. The van der Waals surface area contributed by atoms with Gasteiger partial charge in [-0.2, -0.15) is 26.3 Å². The molecular weight excluding hydrogens is 697 g/mol. The molecule has 0 fully saturated rings. The largest absolute Gasteiger partial charge is 0.421 e. The van der Waals surface area contributed by atoms with Gasteiger partial charge in [0, 0.05) is 26.5 Å². The Hall–Kier alpha value is -6.58. The van der Waals surface area contributed by atoms with Crippen LogP contribution in [0.15, 0.2) is 146 Å². The number of benzene rings is 4. The number of nitrogens with two attached hydrogens (primary N) is 1. The summed E-state index contributed by atoms with van der Waals surface area (Å²) in [5, 5.41) is 44.0. The van der Waals surface area contributed by atoms with Crippen molar-refractivity contribution in [2.45, 2.75) is 17.4 Å². The minimum Gasteiger partial charge on any atom is -0.421 e. The van der Waals surface area contributed by atoms with Gasteiger partial charge in [-0.1, -0.05) is 121 Å². The van der Waals surface area contributed by atoms with E-state index in [2.05, 4.69) is 12.1 Å². The van der Waals surface area contributed by atoms with Gasteiger partial charge in [0.05, 0.1) is 41.8 Å². The van der Waals surface area contributed by atoms with Crippen LogP contribution >= 0.6 is 23.5 Å². The van der Waals surface area contributed by atoms with Crippen LogP contribution in [-0.2, 0) is 0 Å². The summed E-state index contributed by atoms with van der Waals surface area (Å²) in [6, 6.07) is 48.1. The molecule has 5 aromatic rings. The molecule has 2 N–H and O–H groups in total. The lowest BCUT2D eigenvalue weighted by molar-refractivity contribution is 0.520. The standard InChI is InChI=1S/C21H17N3S.C19H13NO2S.C3H2N2/c1-25-21-17(13-23)20(24)16(12-22)18(14-8-4-2-5-9-14)19(21)15-10-6-3-7-11-15;1-23-18-15(12-20)19(21)22-17(14-10-6-3-7-11-14)16(18)13-8-4-2-5-9-13;4-2-1-3-5/h2-11,16,20H,24H2,1H3;2-11H,1H3;1H2. The predicted octanol–water partition coefficient (Wildman–Crippen LogP) is 9.21. The Morgan fingerprint density at radius 2 is 1.15 bits per heavy atom. The summed E-state index contributed by atoms with van der Waals surface area (Å²) in [6.07, 6.45) is 3.80. The number of nitriles is 5. The molecule has 0 bridgehead atoms. The average Bonchev–Trinajstić information content (AvgIpc) is 3.21. The van der Waals surface area contributed by atoms with Crippen molar-refractivity contribution in [2.24, 2.45) is 11.7 Å². The molecule has 0 saturated heterocycles. The summed E-state index contributed by atoms with van der Waals surface area (Å²) < 4.78 is 5.52. The summed E-state index contributed by atoms with van der Waals surface area (Å²) in [6.45, 7) is 0. The minimum atomic E-state index is -0.625. The molecule has 0 spiro atoms. The molecule has 8 nitrogen and oxygen atoms in total. The van der Waals surface area contributed by atoms with E-state index < -0.39 is 17.6 Å². The van der Waals surface area contributed by atoms with E-state index in [1.165, 1.54) is 23.5 Å². The lowest BCUT2D eigenvalue weighted by Gasteiger charge is -2.31. The SMILES string of the molecule is CSC1=C(C#N)C(N)C(C#N)C(c2ccccc2)=C1c1ccccc1.CSc1c(-c2ccccc2)c(-c2ccccc2)oc(=O)c1C#N.N#CCC#N. The summed E-state index contributed by atoms with van der Waals surface area (Å²) in [5.41, 5.74) is 12.5. The third-order valence-corrected chi connectivity index (χ3v) is 9.66. The maximum atomic E-state index is 12.2. The molecular formula is C43H32N6O2S2. The van der Waals surface area contributed by atoms with Crippen molar-refractivity contribution in [1.82, 2.24) is 0 Å². The highest BCUT2D eigenvalue weighted by Crippen LogP contribution is 2.47. The van der Waals surface area contributed by atoms with E-state index in [4.69, 9.17) is 20.7 Å². The zero-order valence-corrected chi connectivity index (χ0v) is 30.5. The van der Waals surface area contributed by atoms with Crippen molar-refractivity contribution >= 4 is 34.7 Å². The van der Waals surface area contributed by atoms with E-state index in [9.17, 15) is 20.6 Å². The molecule has 1 aliphatic rings. The molecule has 2 atom stereocenters. The zero-order chi connectivity index (χ0) is 38.2. The van der Waals surface area contributed by atoms with Gasteiger partial charge in [-0.15, -0.1) is 23.5 Å². The van der Waals surface area contributed by atoms with Crippen molar-refractivity contribution in [2.75, 3.05) is 12.5 Å². The molecule has 1 aliphatic carbocycles. The molecule has 2 unspecified atom stereocenters. The lowest BCUT2D eigenvalue weighted by atomic mass is 9.75. The Labute approximate surface area is 317 Å². The lowest BCUT2D eigenvalue weighted by Crippen LogP contribution is -2.35. The molecule has 6 rings (SSSR count). The van der Waals surface area contributed by atoms with Gasteiger partial charge in [-0.05, 0) is 34.8 Å². The average molecular weight is 729 g/mol.